The lowest BCUT2D eigenvalue weighted by Gasteiger charge is -2.33. The zero-order chi connectivity index (χ0) is 42.9. The summed E-state index contributed by atoms with van der Waals surface area (Å²) in [5.41, 5.74) is 18.6. The molecule has 13 rings (SSSR count). The molecule has 4 heteroatoms. The highest BCUT2D eigenvalue weighted by Gasteiger charge is 2.39. The van der Waals surface area contributed by atoms with Gasteiger partial charge in [0.1, 0.15) is 11.2 Å². The molecule has 2 heterocycles. The van der Waals surface area contributed by atoms with Gasteiger partial charge < -0.3 is 14.2 Å². The lowest BCUT2D eigenvalue weighted by molar-refractivity contribution is 0.660. The van der Waals surface area contributed by atoms with Gasteiger partial charge in [-0.1, -0.05) is 149 Å². The Labute approximate surface area is 377 Å². The highest BCUT2D eigenvalue weighted by molar-refractivity contribution is 7.25. The van der Waals surface area contributed by atoms with Gasteiger partial charge in [0.25, 0.3) is 0 Å². The molecule has 11 aromatic rings. The number of fused-ring (bicyclic) bond motifs is 12. The average molecular weight is 841 g/mol. The number of furan rings is 1. The Morgan fingerprint density at radius 3 is 1.75 bits per heavy atom. The van der Waals surface area contributed by atoms with E-state index in [1.807, 2.05) is 11.3 Å². The van der Waals surface area contributed by atoms with E-state index in [0.717, 1.165) is 50.4 Å². The van der Waals surface area contributed by atoms with Crippen molar-refractivity contribution in [3.8, 4) is 22.3 Å². The molecule has 0 aliphatic heterocycles. The SMILES string of the molecule is CC1(C)c2ccccc2-c2cc(N(c3cccc(N(c4ccc5c(c4)sc4ccccc45)c4cccc5c4C(C)(C)c4ccccc4-5)c3)c3cccc4oc5ccccc5c34)ccc21. The summed E-state index contributed by atoms with van der Waals surface area (Å²) in [6.07, 6.45) is 0. The van der Waals surface area contributed by atoms with Crippen LogP contribution in [0.3, 0.4) is 0 Å². The van der Waals surface area contributed by atoms with Gasteiger partial charge in [0.15, 0.2) is 0 Å². The van der Waals surface area contributed by atoms with E-state index in [-0.39, 0.29) is 10.8 Å². The predicted molar refractivity (Wildman–Crippen MR) is 271 cm³/mol. The number of para-hydroxylation sites is 1. The molecule has 0 N–H and O–H groups in total. The summed E-state index contributed by atoms with van der Waals surface area (Å²) in [7, 11) is 0. The van der Waals surface area contributed by atoms with Crippen molar-refractivity contribution in [2.45, 2.75) is 38.5 Å². The van der Waals surface area contributed by atoms with Crippen LogP contribution in [0.15, 0.2) is 199 Å². The van der Waals surface area contributed by atoms with Crippen molar-refractivity contribution in [2.24, 2.45) is 0 Å². The topological polar surface area (TPSA) is 19.6 Å². The zero-order valence-electron chi connectivity index (χ0n) is 36.2. The van der Waals surface area contributed by atoms with Crippen molar-refractivity contribution in [1.29, 1.82) is 0 Å². The smallest absolute Gasteiger partial charge is 0.137 e. The van der Waals surface area contributed by atoms with Gasteiger partial charge in [-0.05, 0) is 117 Å². The number of hydrogen-bond acceptors (Lipinski definition) is 4. The Kier molecular flexibility index (Phi) is 7.87. The van der Waals surface area contributed by atoms with Crippen molar-refractivity contribution >= 4 is 87.6 Å². The molecule has 2 aliphatic rings. The second-order valence-electron chi connectivity index (χ2n) is 18.5. The van der Waals surface area contributed by atoms with Crippen molar-refractivity contribution < 1.29 is 4.42 Å². The summed E-state index contributed by atoms with van der Waals surface area (Å²) in [5.74, 6) is 0. The van der Waals surface area contributed by atoms with Crippen LogP contribution < -0.4 is 9.80 Å². The first-order valence-electron chi connectivity index (χ1n) is 22.3. The zero-order valence-corrected chi connectivity index (χ0v) is 37.0. The molecule has 0 fully saturated rings. The largest absolute Gasteiger partial charge is 0.456 e. The molecule has 9 aromatic carbocycles. The van der Waals surface area contributed by atoms with Crippen molar-refractivity contribution in [3.63, 3.8) is 0 Å². The van der Waals surface area contributed by atoms with Crippen LogP contribution in [0.25, 0.3) is 64.4 Å². The number of rotatable bonds is 6. The van der Waals surface area contributed by atoms with Crippen LogP contribution in [0, 0.1) is 0 Å². The van der Waals surface area contributed by atoms with Gasteiger partial charge in [-0.3, -0.25) is 0 Å². The molecule has 3 nitrogen and oxygen atoms in total. The molecule has 64 heavy (non-hydrogen) atoms. The fraction of sp³-hybridized carbons (Fsp3) is 0.100. The van der Waals surface area contributed by atoms with Crippen LogP contribution in [0.2, 0.25) is 0 Å². The fourth-order valence-corrected chi connectivity index (χ4v) is 12.4. The van der Waals surface area contributed by atoms with E-state index in [2.05, 4.69) is 232 Å². The van der Waals surface area contributed by atoms with Crippen molar-refractivity contribution in [3.05, 3.63) is 216 Å². The van der Waals surface area contributed by atoms with Gasteiger partial charge in [0, 0.05) is 59.1 Å². The summed E-state index contributed by atoms with van der Waals surface area (Å²) in [4.78, 5) is 4.96. The maximum absolute atomic E-state index is 6.55. The first kappa shape index (κ1) is 37.2. The minimum atomic E-state index is -0.224. The second-order valence-corrected chi connectivity index (χ2v) is 19.6. The molecular weight excluding hydrogens is 797 g/mol. The van der Waals surface area contributed by atoms with E-state index in [1.54, 1.807) is 0 Å². The van der Waals surface area contributed by atoms with Crippen LogP contribution in [0.4, 0.5) is 34.1 Å². The molecule has 0 saturated carbocycles. The lowest BCUT2D eigenvalue weighted by atomic mass is 9.81. The lowest BCUT2D eigenvalue weighted by Crippen LogP contribution is -2.21. The quantitative estimate of drug-likeness (QED) is 0.166. The summed E-state index contributed by atoms with van der Waals surface area (Å²) in [5, 5.41) is 4.78. The molecule has 2 aliphatic carbocycles. The maximum atomic E-state index is 6.55. The molecule has 0 bridgehead atoms. The van der Waals surface area contributed by atoms with Crippen molar-refractivity contribution in [2.75, 3.05) is 9.80 Å². The molecule has 0 spiro atoms. The highest BCUT2D eigenvalue weighted by Crippen LogP contribution is 2.56. The third-order valence-corrected chi connectivity index (χ3v) is 15.3. The Morgan fingerprint density at radius 2 is 0.922 bits per heavy atom. The number of hydrogen-bond donors (Lipinski definition) is 0. The molecule has 2 aromatic heterocycles. The first-order valence-corrected chi connectivity index (χ1v) is 23.1. The van der Waals surface area contributed by atoms with Crippen LogP contribution in [-0.2, 0) is 10.8 Å². The van der Waals surface area contributed by atoms with E-state index in [1.165, 1.54) is 70.4 Å². The van der Waals surface area contributed by atoms with Crippen LogP contribution in [0.1, 0.15) is 49.9 Å². The fourth-order valence-electron chi connectivity index (χ4n) is 11.3. The Morgan fingerprint density at radius 1 is 0.375 bits per heavy atom. The second kappa shape index (κ2) is 13.6. The Hall–Kier alpha value is -7.40. The third-order valence-electron chi connectivity index (χ3n) is 14.2. The monoisotopic (exact) mass is 840 g/mol. The van der Waals surface area contributed by atoms with Crippen LogP contribution >= 0.6 is 11.3 Å². The minimum Gasteiger partial charge on any atom is -0.456 e. The van der Waals surface area contributed by atoms with Gasteiger partial charge in [0.2, 0.25) is 0 Å². The summed E-state index contributed by atoms with van der Waals surface area (Å²) in [6, 6.07) is 71.7. The van der Waals surface area contributed by atoms with Crippen molar-refractivity contribution in [1.82, 2.24) is 0 Å². The average Bonchev–Trinajstić information content (AvgIpc) is 4.02. The first-order chi connectivity index (χ1) is 31.3. The predicted octanol–water partition coefficient (Wildman–Crippen LogP) is 17.5. The molecular formula is C60H44N2OS. The normalized spacial score (nSPS) is 14.2. The van der Waals surface area contributed by atoms with E-state index in [9.17, 15) is 0 Å². The molecule has 0 atom stereocenters. The standard InChI is InChI=1S/C60H44N2OS/c1-59(2)48-23-9-6-19-42(48)47-35-39(31-33-50(47)59)61(51-25-15-28-54-57(51)46-21-7-11-27-53(46)63-54)37-16-13-17-38(34-37)62(40-30-32-44-43-20-8-12-29-55(43)64-56(44)36-40)52-26-14-22-45-41-18-5-10-24-49(41)60(3,4)58(45)52/h5-36H,1-4H3. The van der Waals surface area contributed by atoms with E-state index >= 15 is 0 Å². The molecule has 0 amide bonds. The van der Waals surface area contributed by atoms with Gasteiger partial charge in [-0.15, -0.1) is 11.3 Å². The van der Waals surface area contributed by atoms with Gasteiger partial charge in [0.05, 0.1) is 16.8 Å². The Bertz CT molecular complexity index is 3720. The number of nitrogens with zero attached hydrogens (tertiary/aromatic N) is 2. The minimum absolute atomic E-state index is 0.102. The summed E-state index contributed by atoms with van der Waals surface area (Å²) >= 11 is 1.86. The molecule has 0 radical (unpaired) electrons. The maximum Gasteiger partial charge on any atom is 0.137 e. The highest BCUT2D eigenvalue weighted by atomic mass is 32.1. The van der Waals surface area contributed by atoms with E-state index in [4.69, 9.17) is 4.42 Å². The van der Waals surface area contributed by atoms with Crippen LogP contribution in [0.5, 0.6) is 0 Å². The number of thiophene rings is 1. The number of anilines is 6. The van der Waals surface area contributed by atoms with E-state index in [0.29, 0.717) is 0 Å². The van der Waals surface area contributed by atoms with Crippen LogP contribution in [-0.4, -0.2) is 0 Å². The Balaban J connectivity index is 1.07. The van der Waals surface area contributed by atoms with Gasteiger partial charge in [-0.2, -0.15) is 0 Å². The summed E-state index contributed by atoms with van der Waals surface area (Å²) in [6.45, 7) is 9.47. The molecule has 0 saturated heterocycles. The third kappa shape index (κ3) is 5.27. The number of benzene rings is 9. The van der Waals surface area contributed by atoms with E-state index < -0.39 is 0 Å². The van der Waals surface area contributed by atoms with Gasteiger partial charge in [-0.25, -0.2) is 0 Å². The summed E-state index contributed by atoms with van der Waals surface area (Å²) < 4.78 is 9.13. The van der Waals surface area contributed by atoms with Gasteiger partial charge >= 0.3 is 0 Å². The molecule has 306 valence electrons. The molecule has 0 unspecified atom stereocenters.